The van der Waals surface area contributed by atoms with E-state index in [0.29, 0.717) is 0 Å². The quantitative estimate of drug-likeness (QED) is 0.252. The van der Waals surface area contributed by atoms with E-state index in [9.17, 15) is 0 Å². The van der Waals surface area contributed by atoms with Crippen molar-refractivity contribution in [2.24, 2.45) is 0 Å². The van der Waals surface area contributed by atoms with Crippen molar-refractivity contribution in [2.75, 3.05) is 0 Å². The molecule has 0 aliphatic carbocycles. The van der Waals surface area contributed by atoms with Gasteiger partial charge in [0.1, 0.15) is 0 Å². The van der Waals surface area contributed by atoms with E-state index in [2.05, 4.69) is 64.1 Å². The van der Waals surface area contributed by atoms with Crippen molar-refractivity contribution >= 4 is 21.6 Å². The van der Waals surface area contributed by atoms with Gasteiger partial charge in [-0.2, -0.15) is 0 Å². The molecule has 30 heavy (non-hydrogen) atoms. The molecular formula is C28H42S2. The van der Waals surface area contributed by atoms with Crippen LogP contribution in [0.1, 0.15) is 101 Å². The van der Waals surface area contributed by atoms with Crippen LogP contribution in [0.4, 0.5) is 0 Å². The van der Waals surface area contributed by atoms with Gasteiger partial charge in [-0.3, -0.25) is 0 Å². The highest BCUT2D eigenvalue weighted by molar-refractivity contribution is 8.76. The molecule has 0 amide bonds. The molecule has 0 fully saturated rings. The largest absolute Gasteiger partial charge is 0.0654 e. The summed E-state index contributed by atoms with van der Waals surface area (Å²) < 4.78 is 0. The highest BCUT2D eigenvalue weighted by Gasteiger charge is 2.13. The van der Waals surface area contributed by atoms with Gasteiger partial charge in [-0.1, -0.05) is 99.2 Å². The van der Waals surface area contributed by atoms with Gasteiger partial charge in [-0.25, -0.2) is 0 Å². The molecule has 166 valence electrons. The molecule has 0 N–H and O–H groups in total. The standard InChI is InChI=1S/C28H42S2/c1-5-9-15-23-17-13-21-27(25(23)19-11-7-3)29-30-28-22-14-18-24(16-10-6-2)26(28)20-12-8-4/h13-14,17-18,21-22H,5-12,15-16,19-20H2,1-4H3. The summed E-state index contributed by atoms with van der Waals surface area (Å²) >= 11 is 0. The fourth-order valence-corrected chi connectivity index (χ4v) is 6.54. The highest BCUT2D eigenvalue weighted by atomic mass is 33.1. The van der Waals surface area contributed by atoms with Crippen LogP contribution in [0.25, 0.3) is 0 Å². The summed E-state index contributed by atoms with van der Waals surface area (Å²) in [6.45, 7) is 9.20. The minimum Gasteiger partial charge on any atom is -0.0654 e. The molecule has 2 aromatic carbocycles. The first-order chi connectivity index (χ1) is 14.7. The van der Waals surface area contributed by atoms with Crippen LogP contribution in [0.5, 0.6) is 0 Å². The summed E-state index contributed by atoms with van der Waals surface area (Å²) in [5, 5.41) is 0. The van der Waals surface area contributed by atoms with Crippen molar-refractivity contribution < 1.29 is 0 Å². The van der Waals surface area contributed by atoms with Crippen molar-refractivity contribution in [1.82, 2.24) is 0 Å². The predicted octanol–water partition coefficient (Wildman–Crippen LogP) is 9.86. The molecule has 2 rings (SSSR count). The Labute approximate surface area is 194 Å². The van der Waals surface area contributed by atoms with Crippen molar-refractivity contribution in [3.63, 3.8) is 0 Å². The lowest BCUT2D eigenvalue weighted by atomic mass is 9.98. The zero-order chi connectivity index (χ0) is 21.6. The monoisotopic (exact) mass is 442 g/mol. The molecule has 0 heterocycles. The maximum atomic E-state index is 2.37. The molecule has 0 nitrogen and oxygen atoms in total. The maximum absolute atomic E-state index is 2.37. The second-order valence-electron chi connectivity index (χ2n) is 8.37. The van der Waals surface area contributed by atoms with E-state index >= 15 is 0 Å². The lowest BCUT2D eigenvalue weighted by Crippen LogP contribution is -1.98. The Kier molecular flexibility index (Phi) is 12.7. The number of rotatable bonds is 15. The van der Waals surface area contributed by atoms with Gasteiger partial charge in [0, 0.05) is 9.79 Å². The lowest BCUT2D eigenvalue weighted by Gasteiger charge is -2.17. The van der Waals surface area contributed by atoms with E-state index in [4.69, 9.17) is 0 Å². The lowest BCUT2D eigenvalue weighted by molar-refractivity contribution is 0.748. The molecule has 0 aromatic heterocycles. The van der Waals surface area contributed by atoms with Crippen molar-refractivity contribution in [1.29, 1.82) is 0 Å². The number of hydrogen-bond acceptors (Lipinski definition) is 2. The molecule has 0 atom stereocenters. The van der Waals surface area contributed by atoms with Crippen molar-refractivity contribution in [3.8, 4) is 0 Å². The number of aryl methyl sites for hydroxylation is 2. The van der Waals surface area contributed by atoms with Gasteiger partial charge in [0.15, 0.2) is 0 Å². The first-order valence-electron chi connectivity index (χ1n) is 12.3. The minimum absolute atomic E-state index is 1.22. The van der Waals surface area contributed by atoms with Crippen LogP contribution in [-0.2, 0) is 25.7 Å². The Hall–Kier alpha value is -0.860. The normalized spacial score (nSPS) is 11.2. The highest BCUT2D eigenvalue weighted by Crippen LogP contribution is 2.43. The molecule has 0 radical (unpaired) electrons. The van der Waals surface area contributed by atoms with Gasteiger partial charge in [-0.15, -0.1) is 0 Å². The second kappa shape index (κ2) is 15.0. The zero-order valence-electron chi connectivity index (χ0n) is 19.8. The van der Waals surface area contributed by atoms with Crippen LogP contribution in [-0.4, -0.2) is 0 Å². The Bertz CT molecular complexity index is 672. The molecule has 0 saturated heterocycles. The fraction of sp³-hybridized carbons (Fsp3) is 0.571. The van der Waals surface area contributed by atoms with E-state index < -0.39 is 0 Å². The van der Waals surface area contributed by atoms with E-state index in [1.165, 1.54) is 86.8 Å². The number of benzene rings is 2. The maximum Gasteiger partial charge on any atom is 0.0221 e. The third-order valence-electron chi connectivity index (χ3n) is 5.84. The Morgan fingerprint density at radius 2 is 0.867 bits per heavy atom. The second-order valence-corrected chi connectivity index (χ2v) is 10.6. The molecular weight excluding hydrogens is 400 g/mol. The van der Waals surface area contributed by atoms with Crippen LogP contribution in [0.15, 0.2) is 46.2 Å². The van der Waals surface area contributed by atoms with E-state index in [1.54, 1.807) is 22.3 Å². The molecule has 2 aromatic rings. The van der Waals surface area contributed by atoms with E-state index in [1.807, 2.05) is 21.6 Å². The van der Waals surface area contributed by atoms with Gasteiger partial charge in [0.2, 0.25) is 0 Å². The molecule has 0 bridgehead atoms. The van der Waals surface area contributed by atoms with Gasteiger partial charge in [0.05, 0.1) is 0 Å². The molecule has 0 saturated carbocycles. The van der Waals surface area contributed by atoms with Gasteiger partial charge in [0.25, 0.3) is 0 Å². The third-order valence-corrected chi connectivity index (χ3v) is 8.38. The average Bonchev–Trinajstić information content (AvgIpc) is 2.78. The summed E-state index contributed by atoms with van der Waals surface area (Å²) in [6.07, 6.45) is 15.1. The Morgan fingerprint density at radius 1 is 0.500 bits per heavy atom. The topological polar surface area (TPSA) is 0 Å². The molecule has 0 unspecified atom stereocenters. The van der Waals surface area contributed by atoms with Crippen LogP contribution in [0, 0.1) is 0 Å². The summed E-state index contributed by atoms with van der Waals surface area (Å²) in [5.41, 5.74) is 6.39. The predicted molar refractivity (Wildman–Crippen MR) is 139 cm³/mol. The van der Waals surface area contributed by atoms with Gasteiger partial charge in [-0.05, 0) is 85.8 Å². The summed E-state index contributed by atoms with van der Waals surface area (Å²) in [5.74, 6) is 0. The minimum atomic E-state index is 1.22. The molecule has 0 spiro atoms. The Balaban J connectivity index is 2.24. The molecule has 2 heteroatoms. The van der Waals surface area contributed by atoms with Crippen LogP contribution in [0.3, 0.4) is 0 Å². The fourth-order valence-electron chi connectivity index (χ4n) is 3.95. The Morgan fingerprint density at radius 3 is 1.23 bits per heavy atom. The van der Waals surface area contributed by atoms with Crippen LogP contribution >= 0.6 is 21.6 Å². The SMILES string of the molecule is CCCCc1cccc(SSc2cccc(CCCC)c2CCCC)c1CCCC. The van der Waals surface area contributed by atoms with Gasteiger partial charge < -0.3 is 0 Å². The smallest absolute Gasteiger partial charge is 0.0221 e. The van der Waals surface area contributed by atoms with Crippen molar-refractivity contribution in [3.05, 3.63) is 58.7 Å². The first kappa shape index (κ1) is 25.4. The van der Waals surface area contributed by atoms with Crippen molar-refractivity contribution in [2.45, 2.75) is 115 Å². The molecule has 0 aliphatic rings. The van der Waals surface area contributed by atoms with Crippen LogP contribution < -0.4 is 0 Å². The molecule has 0 aliphatic heterocycles. The van der Waals surface area contributed by atoms with Gasteiger partial charge >= 0.3 is 0 Å². The number of hydrogen-bond donors (Lipinski definition) is 0. The van der Waals surface area contributed by atoms with Crippen LogP contribution in [0.2, 0.25) is 0 Å². The summed E-state index contributed by atoms with van der Waals surface area (Å²) in [6, 6.07) is 14.0. The average molecular weight is 443 g/mol. The first-order valence-corrected chi connectivity index (χ1v) is 14.5. The summed E-state index contributed by atoms with van der Waals surface area (Å²) in [7, 11) is 3.99. The van der Waals surface area contributed by atoms with E-state index in [0.717, 1.165) is 0 Å². The summed E-state index contributed by atoms with van der Waals surface area (Å²) in [4.78, 5) is 2.98. The van der Waals surface area contributed by atoms with E-state index in [-0.39, 0.29) is 0 Å². The zero-order valence-corrected chi connectivity index (χ0v) is 21.4. The number of unbranched alkanes of at least 4 members (excludes halogenated alkanes) is 4. The third kappa shape index (κ3) is 8.00.